The van der Waals surface area contributed by atoms with Crippen LogP contribution < -0.4 is 5.32 Å². The van der Waals surface area contributed by atoms with E-state index < -0.39 is 0 Å². The third kappa shape index (κ3) is 10.7. The third-order valence-electron chi connectivity index (χ3n) is 5.81. The zero-order valence-corrected chi connectivity index (χ0v) is 21.8. The molecule has 0 fully saturated rings. The summed E-state index contributed by atoms with van der Waals surface area (Å²) in [4.78, 5) is 45.9. The number of nitrogens with one attached hydrogen (secondary N) is 1. The molecule has 1 amide bonds. The molecular formula is C29H39NO5. The van der Waals surface area contributed by atoms with Gasteiger partial charge in [0.2, 0.25) is 5.91 Å². The monoisotopic (exact) mass is 481 g/mol. The molecule has 0 spiro atoms. The molecule has 1 unspecified atom stereocenters. The number of Topliss-reactive ketones (excluding diaryl/α,β-unsaturated/α-hetero) is 3. The fourth-order valence-electron chi connectivity index (χ4n) is 3.28. The summed E-state index contributed by atoms with van der Waals surface area (Å²) in [6, 6.07) is 12.0. The lowest BCUT2D eigenvalue weighted by atomic mass is 9.95. The molecular weight excluding hydrogens is 442 g/mol. The van der Waals surface area contributed by atoms with Crippen LogP contribution in [0.4, 0.5) is 5.69 Å². The van der Waals surface area contributed by atoms with Gasteiger partial charge in [-0.1, -0.05) is 46.8 Å². The second kappa shape index (κ2) is 14.9. The van der Waals surface area contributed by atoms with Gasteiger partial charge >= 0.3 is 0 Å². The summed E-state index contributed by atoms with van der Waals surface area (Å²) in [5, 5.41) is 12.1. The Balaban J connectivity index is 0.000000471. The van der Waals surface area contributed by atoms with Gasteiger partial charge in [-0.15, -0.1) is 0 Å². The van der Waals surface area contributed by atoms with Crippen LogP contribution in [0.15, 0.2) is 42.5 Å². The van der Waals surface area contributed by atoms with Crippen molar-refractivity contribution in [2.45, 2.75) is 73.6 Å². The number of hydrogen-bond donors (Lipinski definition) is 2. The summed E-state index contributed by atoms with van der Waals surface area (Å²) in [6.07, 6.45) is 2.81. The average molecular weight is 482 g/mol. The first-order chi connectivity index (χ1) is 16.5. The highest BCUT2D eigenvalue weighted by atomic mass is 16.3. The van der Waals surface area contributed by atoms with E-state index in [9.17, 15) is 24.3 Å². The first-order valence-corrected chi connectivity index (χ1v) is 12.2. The molecule has 0 aliphatic carbocycles. The maximum absolute atomic E-state index is 12.2. The highest BCUT2D eigenvalue weighted by molar-refractivity contribution is 6.00. The minimum Gasteiger partial charge on any atom is -0.508 e. The first-order valence-electron chi connectivity index (χ1n) is 12.2. The average Bonchev–Trinajstić information content (AvgIpc) is 2.83. The molecule has 6 nitrogen and oxygen atoms in total. The molecule has 0 aliphatic rings. The third-order valence-corrected chi connectivity index (χ3v) is 5.81. The number of phenols is 1. The van der Waals surface area contributed by atoms with Crippen LogP contribution >= 0.6 is 0 Å². The molecule has 2 aromatic carbocycles. The highest BCUT2D eigenvalue weighted by Gasteiger charge is 2.15. The van der Waals surface area contributed by atoms with Crippen molar-refractivity contribution in [2.75, 3.05) is 5.32 Å². The zero-order chi connectivity index (χ0) is 26.5. The lowest BCUT2D eigenvalue weighted by Gasteiger charge is -2.12. The normalized spacial score (nSPS) is 11.3. The fraction of sp³-hybridized carbons (Fsp3) is 0.448. The molecule has 0 heterocycles. The second-order valence-electron chi connectivity index (χ2n) is 9.08. The minimum absolute atomic E-state index is 0.0468. The number of aryl methyl sites for hydroxylation is 1. The molecule has 2 N–H and O–H groups in total. The van der Waals surface area contributed by atoms with E-state index in [2.05, 4.69) is 5.32 Å². The molecule has 0 radical (unpaired) electrons. The number of ketones is 3. The Labute approximate surface area is 209 Å². The number of carbonyl (C=O) groups excluding carboxylic acids is 4. The number of benzene rings is 2. The van der Waals surface area contributed by atoms with Crippen molar-refractivity contribution in [3.63, 3.8) is 0 Å². The zero-order valence-electron chi connectivity index (χ0n) is 21.8. The van der Waals surface area contributed by atoms with E-state index in [4.69, 9.17) is 0 Å². The lowest BCUT2D eigenvalue weighted by Crippen LogP contribution is -2.15. The Morgan fingerprint density at radius 2 is 1.57 bits per heavy atom. The van der Waals surface area contributed by atoms with Crippen LogP contribution in [-0.2, 0) is 27.2 Å². The summed E-state index contributed by atoms with van der Waals surface area (Å²) >= 11 is 0. The van der Waals surface area contributed by atoms with E-state index in [1.165, 1.54) is 0 Å². The summed E-state index contributed by atoms with van der Waals surface area (Å²) < 4.78 is 0. The van der Waals surface area contributed by atoms with Crippen molar-refractivity contribution in [1.29, 1.82) is 0 Å². The number of amides is 1. The van der Waals surface area contributed by atoms with Crippen molar-refractivity contribution >= 4 is 28.9 Å². The second-order valence-corrected chi connectivity index (χ2v) is 9.08. The molecule has 190 valence electrons. The van der Waals surface area contributed by atoms with Crippen LogP contribution in [0.25, 0.3) is 0 Å². The maximum Gasteiger partial charge on any atom is 0.228 e. The number of phenolic OH excluding ortho intramolecular Hbond substituents is 1. The molecule has 2 rings (SSSR count). The van der Waals surface area contributed by atoms with Gasteiger partial charge in [0, 0.05) is 35.9 Å². The van der Waals surface area contributed by atoms with Crippen LogP contribution in [0, 0.1) is 11.8 Å². The summed E-state index contributed by atoms with van der Waals surface area (Å²) in [6.45, 7) is 11.0. The van der Waals surface area contributed by atoms with E-state index in [1.807, 2.05) is 40.7 Å². The fourth-order valence-corrected chi connectivity index (χ4v) is 3.28. The predicted molar refractivity (Wildman–Crippen MR) is 140 cm³/mol. The maximum atomic E-state index is 12.2. The Hall–Kier alpha value is -3.28. The van der Waals surface area contributed by atoms with Gasteiger partial charge in [0.15, 0.2) is 5.78 Å². The minimum atomic E-state index is -0.134. The molecule has 1 atom stereocenters. The van der Waals surface area contributed by atoms with Crippen molar-refractivity contribution < 1.29 is 24.3 Å². The Morgan fingerprint density at radius 3 is 2.09 bits per heavy atom. The molecule has 0 bridgehead atoms. The summed E-state index contributed by atoms with van der Waals surface area (Å²) in [5.74, 6) is 0.583. The first kappa shape index (κ1) is 29.8. The standard InChI is InChI=1S/C20H23NO3.C9H16O2/c1-4-15-12-16(7-10-18(15)20(24)13(2)3)21-19(23)11-14-5-8-17(22)9-6-14;1-4-9(11)6-5-7(2)8(3)10/h5-10,12-13,22H,4,11H2,1-3H3,(H,21,23);7H,4-6H2,1-3H3. The van der Waals surface area contributed by atoms with Gasteiger partial charge in [0.25, 0.3) is 0 Å². The summed E-state index contributed by atoms with van der Waals surface area (Å²) in [7, 11) is 0. The summed E-state index contributed by atoms with van der Waals surface area (Å²) in [5.41, 5.74) is 3.18. The van der Waals surface area contributed by atoms with Crippen LogP contribution in [0.1, 0.15) is 82.3 Å². The van der Waals surface area contributed by atoms with Crippen molar-refractivity contribution in [2.24, 2.45) is 11.8 Å². The van der Waals surface area contributed by atoms with Crippen molar-refractivity contribution in [3.8, 4) is 5.75 Å². The van der Waals surface area contributed by atoms with Gasteiger partial charge in [-0.3, -0.25) is 19.2 Å². The van der Waals surface area contributed by atoms with Crippen LogP contribution in [0.3, 0.4) is 0 Å². The van der Waals surface area contributed by atoms with Crippen molar-refractivity contribution in [3.05, 3.63) is 59.2 Å². The predicted octanol–water partition coefficient (Wildman–Crippen LogP) is 5.95. The Morgan fingerprint density at radius 1 is 0.943 bits per heavy atom. The quantitative estimate of drug-likeness (QED) is 0.387. The molecule has 35 heavy (non-hydrogen) atoms. The van der Waals surface area contributed by atoms with Gasteiger partial charge in [-0.2, -0.15) is 0 Å². The van der Waals surface area contributed by atoms with Crippen LogP contribution in [0.5, 0.6) is 5.75 Å². The van der Waals surface area contributed by atoms with E-state index in [0.29, 0.717) is 24.9 Å². The molecule has 0 saturated heterocycles. The topological polar surface area (TPSA) is 101 Å². The molecule has 0 saturated carbocycles. The number of anilines is 1. The molecule has 0 aromatic heterocycles. The van der Waals surface area contributed by atoms with Gasteiger partial charge in [-0.05, 0) is 61.2 Å². The van der Waals surface area contributed by atoms with Crippen LogP contribution in [-0.4, -0.2) is 28.4 Å². The highest BCUT2D eigenvalue weighted by Crippen LogP contribution is 2.20. The number of carbonyl (C=O) groups is 4. The van der Waals surface area contributed by atoms with Gasteiger partial charge in [-0.25, -0.2) is 0 Å². The Kier molecular flexibility index (Phi) is 12.6. The molecule has 0 aliphatic heterocycles. The van der Waals surface area contributed by atoms with E-state index in [-0.39, 0.29) is 47.3 Å². The number of hydrogen-bond acceptors (Lipinski definition) is 5. The van der Waals surface area contributed by atoms with E-state index in [0.717, 1.165) is 23.1 Å². The van der Waals surface area contributed by atoms with Gasteiger partial charge in [0.1, 0.15) is 17.3 Å². The van der Waals surface area contributed by atoms with Crippen molar-refractivity contribution in [1.82, 2.24) is 0 Å². The smallest absolute Gasteiger partial charge is 0.228 e. The van der Waals surface area contributed by atoms with Crippen LogP contribution in [0.2, 0.25) is 0 Å². The van der Waals surface area contributed by atoms with E-state index >= 15 is 0 Å². The largest absolute Gasteiger partial charge is 0.508 e. The molecule has 6 heteroatoms. The molecule has 2 aromatic rings. The van der Waals surface area contributed by atoms with Gasteiger partial charge < -0.3 is 10.4 Å². The SMILES string of the molecule is CCC(=O)CCC(C)C(C)=O.CCc1cc(NC(=O)Cc2ccc(O)cc2)ccc1C(=O)C(C)C. The number of rotatable bonds is 11. The lowest BCUT2D eigenvalue weighted by molar-refractivity contribution is -0.121. The van der Waals surface area contributed by atoms with Gasteiger partial charge in [0.05, 0.1) is 6.42 Å². The number of aromatic hydroxyl groups is 1. The Bertz CT molecular complexity index is 1010. The van der Waals surface area contributed by atoms with E-state index in [1.54, 1.807) is 43.3 Å².